The van der Waals surface area contributed by atoms with Crippen molar-refractivity contribution >= 4 is 0 Å². The number of benzene rings is 2. The maximum atomic E-state index is 13.0. The van der Waals surface area contributed by atoms with Gasteiger partial charge in [-0.05, 0) is 61.7 Å². The topological polar surface area (TPSA) is 43.2 Å². The van der Waals surface area contributed by atoms with Crippen LogP contribution in [-0.4, -0.2) is 39.5 Å². The maximum Gasteiger partial charge on any atom is 0.123 e. The minimum atomic E-state index is -0.239. The predicted octanol–water partition coefficient (Wildman–Crippen LogP) is 3.93. The average molecular weight is 378 g/mol. The van der Waals surface area contributed by atoms with Crippen LogP contribution in [-0.2, 0) is 6.61 Å². The van der Waals surface area contributed by atoms with Crippen molar-refractivity contribution in [2.75, 3.05) is 19.6 Å². The van der Waals surface area contributed by atoms with Crippen molar-refractivity contribution in [3.05, 3.63) is 66.1 Å². The molecule has 0 aliphatic carbocycles. The smallest absolute Gasteiger partial charge is 0.123 e. The van der Waals surface area contributed by atoms with Crippen LogP contribution in [0.25, 0.3) is 11.3 Å². The van der Waals surface area contributed by atoms with Crippen LogP contribution in [0.1, 0.15) is 24.4 Å². The monoisotopic (exact) mass is 378 g/mol. The summed E-state index contributed by atoms with van der Waals surface area (Å²) in [6.07, 6.45) is 4.57. The molecular formula is C22H23FN4O. The summed E-state index contributed by atoms with van der Waals surface area (Å²) in [5.41, 5.74) is 2.79. The largest absolute Gasteiger partial charge is 0.489 e. The summed E-state index contributed by atoms with van der Waals surface area (Å²) >= 11 is 0. The zero-order valence-corrected chi connectivity index (χ0v) is 15.7. The summed E-state index contributed by atoms with van der Waals surface area (Å²) in [7, 11) is 0. The highest BCUT2D eigenvalue weighted by Gasteiger charge is 2.35. The van der Waals surface area contributed by atoms with Gasteiger partial charge in [-0.2, -0.15) is 0 Å². The van der Waals surface area contributed by atoms with Crippen LogP contribution in [0.5, 0.6) is 5.75 Å². The molecule has 144 valence electrons. The third-order valence-corrected chi connectivity index (χ3v) is 5.92. The van der Waals surface area contributed by atoms with Gasteiger partial charge in [-0.15, -0.1) is 5.10 Å². The molecule has 3 fully saturated rings. The van der Waals surface area contributed by atoms with Crippen LogP contribution in [0, 0.1) is 11.7 Å². The Morgan fingerprint density at radius 1 is 1.07 bits per heavy atom. The summed E-state index contributed by atoms with van der Waals surface area (Å²) in [5.74, 6) is 1.24. The second kappa shape index (κ2) is 7.36. The molecule has 5 nitrogen and oxygen atoms in total. The van der Waals surface area contributed by atoms with E-state index >= 15 is 0 Å². The lowest BCUT2D eigenvalue weighted by Crippen LogP contribution is -2.48. The van der Waals surface area contributed by atoms with Gasteiger partial charge in [0.05, 0.1) is 12.2 Å². The van der Waals surface area contributed by atoms with Crippen molar-refractivity contribution in [3.8, 4) is 17.0 Å². The molecule has 4 heterocycles. The molecule has 0 spiro atoms. The first-order valence-electron chi connectivity index (χ1n) is 9.86. The maximum absolute atomic E-state index is 13.0. The Bertz CT molecular complexity index is 947. The van der Waals surface area contributed by atoms with E-state index in [-0.39, 0.29) is 5.82 Å². The molecule has 6 heteroatoms. The molecule has 0 saturated carbocycles. The van der Waals surface area contributed by atoms with Gasteiger partial charge in [0.2, 0.25) is 0 Å². The van der Waals surface area contributed by atoms with E-state index < -0.39 is 0 Å². The first kappa shape index (κ1) is 17.4. The van der Waals surface area contributed by atoms with Crippen LogP contribution >= 0.6 is 0 Å². The third kappa shape index (κ3) is 3.52. The second-order valence-electron chi connectivity index (χ2n) is 7.73. The minimum absolute atomic E-state index is 0.239. The SMILES string of the molecule is Fc1ccc(COc2cccc(-c3cn([C@H]4CN5CCC4CC5)nn3)c2)cc1. The van der Waals surface area contributed by atoms with Gasteiger partial charge in [0, 0.05) is 12.1 Å². The fraction of sp³-hybridized carbons (Fsp3) is 0.364. The number of ether oxygens (including phenoxy) is 1. The van der Waals surface area contributed by atoms with E-state index in [1.807, 2.05) is 24.3 Å². The Labute approximate surface area is 163 Å². The molecule has 3 saturated heterocycles. The molecule has 2 aromatic carbocycles. The van der Waals surface area contributed by atoms with Gasteiger partial charge in [0.15, 0.2) is 0 Å². The lowest BCUT2D eigenvalue weighted by molar-refractivity contribution is 0.0504. The van der Waals surface area contributed by atoms with E-state index in [4.69, 9.17) is 4.74 Å². The molecule has 3 aromatic rings. The lowest BCUT2D eigenvalue weighted by Gasteiger charge is -2.44. The average Bonchev–Trinajstić information content (AvgIpc) is 3.25. The molecule has 2 bridgehead atoms. The van der Waals surface area contributed by atoms with Gasteiger partial charge >= 0.3 is 0 Å². The fourth-order valence-corrected chi connectivity index (χ4v) is 4.30. The highest BCUT2D eigenvalue weighted by molar-refractivity contribution is 5.59. The third-order valence-electron chi connectivity index (χ3n) is 5.92. The second-order valence-corrected chi connectivity index (χ2v) is 7.73. The number of hydrogen-bond acceptors (Lipinski definition) is 4. The van der Waals surface area contributed by atoms with E-state index in [1.54, 1.807) is 12.1 Å². The molecular weight excluding hydrogens is 355 g/mol. The molecule has 28 heavy (non-hydrogen) atoms. The van der Waals surface area contributed by atoms with Crippen molar-refractivity contribution in [3.63, 3.8) is 0 Å². The van der Waals surface area contributed by atoms with Crippen LogP contribution in [0.15, 0.2) is 54.7 Å². The molecule has 3 aliphatic heterocycles. The standard InChI is InChI=1S/C22H23FN4O/c23-19-6-4-16(5-7-19)15-28-20-3-1-2-18(12-20)21-13-27(25-24-21)22-14-26-10-8-17(22)9-11-26/h1-7,12-13,17,22H,8-11,14-15H2/t22-/m0/s1. The summed E-state index contributed by atoms with van der Waals surface area (Å²) in [4.78, 5) is 2.52. The van der Waals surface area contributed by atoms with Crippen LogP contribution < -0.4 is 4.74 Å². The molecule has 3 aliphatic rings. The summed E-state index contributed by atoms with van der Waals surface area (Å²) in [5, 5.41) is 8.84. The Balaban J connectivity index is 1.30. The Hall–Kier alpha value is -2.73. The molecule has 0 radical (unpaired) electrons. The van der Waals surface area contributed by atoms with Crippen LogP contribution in [0.4, 0.5) is 4.39 Å². The first-order chi connectivity index (χ1) is 13.7. The summed E-state index contributed by atoms with van der Waals surface area (Å²) < 4.78 is 20.9. The van der Waals surface area contributed by atoms with Gasteiger partial charge in [0.1, 0.15) is 23.9 Å². The molecule has 6 rings (SSSR count). The highest BCUT2D eigenvalue weighted by Crippen LogP contribution is 2.35. The molecule has 0 N–H and O–H groups in total. The summed E-state index contributed by atoms with van der Waals surface area (Å²) in [6, 6.07) is 14.7. The Morgan fingerprint density at radius 2 is 1.89 bits per heavy atom. The van der Waals surface area contributed by atoms with Gasteiger partial charge in [0.25, 0.3) is 0 Å². The fourth-order valence-electron chi connectivity index (χ4n) is 4.30. The molecule has 1 atom stereocenters. The number of nitrogens with zero attached hydrogens (tertiary/aromatic N) is 4. The Morgan fingerprint density at radius 3 is 2.64 bits per heavy atom. The summed E-state index contributed by atoms with van der Waals surface area (Å²) in [6.45, 7) is 3.91. The number of piperidine rings is 3. The van der Waals surface area contributed by atoms with Crippen LogP contribution in [0.3, 0.4) is 0 Å². The van der Waals surface area contributed by atoms with Crippen molar-refractivity contribution in [2.24, 2.45) is 5.92 Å². The predicted molar refractivity (Wildman–Crippen MR) is 104 cm³/mol. The molecule has 0 unspecified atom stereocenters. The normalized spacial score (nSPS) is 23.7. The van der Waals surface area contributed by atoms with E-state index in [0.717, 1.165) is 29.1 Å². The van der Waals surface area contributed by atoms with E-state index in [2.05, 4.69) is 26.1 Å². The first-order valence-corrected chi connectivity index (χ1v) is 9.86. The Kier molecular flexibility index (Phi) is 4.56. The van der Waals surface area contributed by atoms with Gasteiger partial charge in [-0.3, -0.25) is 0 Å². The number of hydrogen-bond donors (Lipinski definition) is 0. The zero-order chi connectivity index (χ0) is 18.9. The minimum Gasteiger partial charge on any atom is -0.489 e. The van der Waals surface area contributed by atoms with E-state index in [1.165, 1.54) is 38.1 Å². The van der Waals surface area contributed by atoms with Crippen molar-refractivity contribution in [1.29, 1.82) is 0 Å². The number of fused-ring (bicyclic) bond motifs is 3. The lowest BCUT2D eigenvalue weighted by atomic mass is 9.84. The van der Waals surface area contributed by atoms with E-state index in [9.17, 15) is 4.39 Å². The van der Waals surface area contributed by atoms with Gasteiger partial charge in [-0.1, -0.05) is 29.5 Å². The highest BCUT2D eigenvalue weighted by atomic mass is 19.1. The number of rotatable bonds is 5. The van der Waals surface area contributed by atoms with Crippen molar-refractivity contribution in [2.45, 2.75) is 25.5 Å². The molecule has 0 amide bonds. The van der Waals surface area contributed by atoms with Crippen LogP contribution in [0.2, 0.25) is 0 Å². The zero-order valence-electron chi connectivity index (χ0n) is 15.7. The van der Waals surface area contributed by atoms with Gasteiger partial charge < -0.3 is 9.64 Å². The quantitative estimate of drug-likeness (QED) is 0.675. The van der Waals surface area contributed by atoms with Crippen molar-refractivity contribution < 1.29 is 9.13 Å². The van der Waals surface area contributed by atoms with Crippen molar-refractivity contribution in [1.82, 2.24) is 19.9 Å². The molecule has 1 aromatic heterocycles. The number of halogens is 1. The van der Waals surface area contributed by atoms with E-state index in [0.29, 0.717) is 18.6 Å². The number of aromatic nitrogens is 3. The van der Waals surface area contributed by atoms with Gasteiger partial charge in [-0.25, -0.2) is 9.07 Å².